The van der Waals surface area contributed by atoms with Crippen LogP contribution in [0.25, 0.3) is 21.7 Å². The van der Waals surface area contributed by atoms with E-state index in [-0.39, 0.29) is 17.1 Å². The van der Waals surface area contributed by atoms with E-state index in [1.807, 2.05) is 41.3 Å². The van der Waals surface area contributed by atoms with Crippen LogP contribution in [0, 0.1) is 0 Å². The van der Waals surface area contributed by atoms with E-state index in [9.17, 15) is 9.59 Å². The van der Waals surface area contributed by atoms with Gasteiger partial charge in [0.25, 0.3) is 5.91 Å². The van der Waals surface area contributed by atoms with Crippen LogP contribution in [-0.4, -0.2) is 55.1 Å². The maximum atomic E-state index is 14.0. The van der Waals surface area contributed by atoms with Crippen LogP contribution in [0.4, 0.5) is 0 Å². The van der Waals surface area contributed by atoms with Crippen molar-refractivity contribution in [2.24, 2.45) is 0 Å². The summed E-state index contributed by atoms with van der Waals surface area (Å²) < 4.78 is 11.8. The second-order valence-electron chi connectivity index (χ2n) is 10.4. The molecular weight excluding hydrogens is 464 g/mol. The van der Waals surface area contributed by atoms with Crippen molar-refractivity contribution in [2.45, 2.75) is 32.2 Å². The highest BCUT2D eigenvalue weighted by molar-refractivity contribution is 6.06. The van der Waals surface area contributed by atoms with Crippen LogP contribution >= 0.6 is 0 Å². The van der Waals surface area contributed by atoms with Crippen molar-refractivity contribution in [3.63, 3.8) is 0 Å². The van der Waals surface area contributed by atoms with E-state index in [1.54, 1.807) is 0 Å². The number of morpholine rings is 1. The molecule has 3 heterocycles. The lowest BCUT2D eigenvalue weighted by molar-refractivity contribution is 0.0353. The van der Waals surface area contributed by atoms with Crippen LogP contribution in [0.1, 0.15) is 59.5 Å². The van der Waals surface area contributed by atoms with E-state index in [0.29, 0.717) is 29.0 Å². The molecule has 1 saturated heterocycles. The largest absolute Gasteiger partial charge is 0.450 e. The number of fused-ring (bicyclic) bond motifs is 4. The lowest BCUT2D eigenvalue weighted by atomic mass is 9.95. The molecular formula is C31H32N2O4. The SMILES string of the molecule is CC(C)c1ccc(C2c3c(oc4c(ccc5ccccc54)c3=O)C(=O)N2CCCN2CCOCC2)cc1. The average molecular weight is 497 g/mol. The number of amides is 1. The Morgan fingerprint density at radius 1 is 0.892 bits per heavy atom. The summed E-state index contributed by atoms with van der Waals surface area (Å²) in [5.74, 6) is 0.374. The number of ether oxygens (including phenoxy) is 1. The van der Waals surface area contributed by atoms with Crippen molar-refractivity contribution >= 4 is 27.6 Å². The van der Waals surface area contributed by atoms with Crippen molar-refractivity contribution < 1.29 is 13.9 Å². The predicted octanol–water partition coefficient (Wildman–Crippen LogP) is 5.34. The van der Waals surface area contributed by atoms with Crippen LogP contribution in [0.5, 0.6) is 0 Å². The molecule has 1 fully saturated rings. The summed E-state index contributed by atoms with van der Waals surface area (Å²) in [7, 11) is 0. The number of hydrogen-bond donors (Lipinski definition) is 0. The Bertz CT molecular complexity index is 1520. The fourth-order valence-electron chi connectivity index (χ4n) is 5.68. The number of hydrogen-bond acceptors (Lipinski definition) is 5. The Hall–Kier alpha value is -3.48. The molecule has 0 N–H and O–H groups in total. The average Bonchev–Trinajstić information content (AvgIpc) is 3.21. The quantitative estimate of drug-likeness (QED) is 0.337. The zero-order valence-corrected chi connectivity index (χ0v) is 21.4. The van der Waals surface area contributed by atoms with Crippen molar-refractivity contribution in [1.82, 2.24) is 9.80 Å². The lowest BCUT2D eigenvalue weighted by Crippen LogP contribution is -2.38. The fraction of sp³-hybridized carbons (Fsp3) is 0.355. The molecule has 2 aliphatic heterocycles. The monoisotopic (exact) mass is 496 g/mol. The maximum absolute atomic E-state index is 14.0. The highest BCUT2D eigenvalue weighted by Gasteiger charge is 2.42. The number of rotatable bonds is 6. The van der Waals surface area contributed by atoms with Crippen molar-refractivity contribution in [2.75, 3.05) is 39.4 Å². The van der Waals surface area contributed by atoms with Gasteiger partial charge in [0.2, 0.25) is 5.76 Å². The molecule has 0 saturated carbocycles. The molecule has 1 atom stereocenters. The predicted molar refractivity (Wildman–Crippen MR) is 145 cm³/mol. The first-order valence-electron chi connectivity index (χ1n) is 13.2. The molecule has 1 aromatic heterocycles. The highest BCUT2D eigenvalue weighted by Crippen LogP contribution is 2.39. The van der Waals surface area contributed by atoms with Gasteiger partial charge in [0.15, 0.2) is 5.43 Å². The van der Waals surface area contributed by atoms with Crippen LogP contribution in [0.2, 0.25) is 0 Å². The molecule has 4 aromatic rings. The smallest absolute Gasteiger partial charge is 0.290 e. The van der Waals surface area contributed by atoms with Gasteiger partial charge in [0.05, 0.1) is 30.2 Å². The molecule has 0 radical (unpaired) electrons. The van der Waals surface area contributed by atoms with E-state index < -0.39 is 6.04 Å². The number of nitrogens with zero attached hydrogens (tertiary/aromatic N) is 2. The van der Waals surface area contributed by atoms with Gasteiger partial charge in [-0.1, -0.05) is 68.4 Å². The Morgan fingerprint density at radius 2 is 1.65 bits per heavy atom. The first kappa shape index (κ1) is 23.9. The van der Waals surface area contributed by atoms with Gasteiger partial charge in [-0.25, -0.2) is 0 Å². The summed E-state index contributed by atoms with van der Waals surface area (Å²) in [6.45, 7) is 9.07. The third kappa shape index (κ3) is 4.24. The van der Waals surface area contributed by atoms with Crippen molar-refractivity contribution in [3.8, 4) is 0 Å². The van der Waals surface area contributed by atoms with Gasteiger partial charge >= 0.3 is 0 Å². The molecule has 3 aromatic carbocycles. The van der Waals surface area contributed by atoms with Crippen LogP contribution in [0.15, 0.2) is 69.9 Å². The van der Waals surface area contributed by atoms with Gasteiger partial charge in [-0.3, -0.25) is 14.5 Å². The summed E-state index contributed by atoms with van der Waals surface area (Å²) in [5.41, 5.74) is 2.99. The van der Waals surface area contributed by atoms with Crippen molar-refractivity contribution in [3.05, 3.63) is 93.3 Å². The van der Waals surface area contributed by atoms with Gasteiger partial charge in [-0.05, 0) is 34.9 Å². The van der Waals surface area contributed by atoms with E-state index in [2.05, 4.69) is 43.0 Å². The van der Waals surface area contributed by atoms with Gasteiger partial charge in [-0.15, -0.1) is 0 Å². The minimum atomic E-state index is -0.458. The molecule has 6 heteroatoms. The molecule has 1 unspecified atom stereocenters. The van der Waals surface area contributed by atoms with E-state index in [0.717, 1.165) is 55.6 Å². The zero-order chi connectivity index (χ0) is 25.5. The summed E-state index contributed by atoms with van der Waals surface area (Å²) in [6, 6.07) is 19.4. The molecule has 0 aliphatic carbocycles. The van der Waals surface area contributed by atoms with E-state index >= 15 is 0 Å². The lowest BCUT2D eigenvalue weighted by Gasteiger charge is -2.29. The molecule has 0 bridgehead atoms. The number of carbonyl (C=O) groups excluding carboxylic acids is 1. The number of benzene rings is 3. The highest BCUT2D eigenvalue weighted by atomic mass is 16.5. The maximum Gasteiger partial charge on any atom is 0.290 e. The third-order valence-corrected chi connectivity index (χ3v) is 7.75. The second kappa shape index (κ2) is 9.77. The standard InChI is InChI=1S/C31H32N2O4/c1-20(2)21-8-10-23(11-9-21)27-26-28(34)25-13-12-22-6-3-4-7-24(22)29(25)37-30(26)31(35)33(27)15-5-14-32-16-18-36-19-17-32/h3-4,6-13,20,27H,5,14-19H2,1-2H3. The van der Waals surface area contributed by atoms with Gasteiger partial charge < -0.3 is 14.1 Å². The van der Waals surface area contributed by atoms with Crippen LogP contribution in [0.3, 0.4) is 0 Å². The molecule has 6 rings (SSSR count). The Kier molecular flexibility index (Phi) is 6.31. The number of carbonyl (C=O) groups is 1. The first-order valence-corrected chi connectivity index (χ1v) is 13.2. The minimum Gasteiger partial charge on any atom is -0.450 e. The Labute approximate surface area is 216 Å². The van der Waals surface area contributed by atoms with E-state index in [4.69, 9.17) is 9.15 Å². The van der Waals surface area contributed by atoms with E-state index in [1.165, 1.54) is 5.56 Å². The second-order valence-corrected chi connectivity index (χ2v) is 10.4. The topological polar surface area (TPSA) is 63.0 Å². The summed E-state index contributed by atoms with van der Waals surface area (Å²) in [6.07, 6.45) is 0.816. The van der Waals surface area contributed by atoms with Gasteiger partial charge in [-0.2, -0.15) is 0 Å². The summed E-state index contributed by atoms with van der Waals surface area (Å²) in [4.78, 5) is 32.0. The molecule has 2 aliphatic rings. The zero-order valence-electron chi connectivity index (χ0n) is 21.4. The molecule has 1 amide bonds. The molecule has 6 nitrogen and oxygen atoms in total. The Balaban J connectivity index is 1.44. The fourth-order valence-corrected chi connectivity index (χ4v) is 5.68. The summed E-state index contributed by atoms with van der Waals surface area (Å²) >= 11 is 0. The normalized spacial score (nSPS) is 18.3. The molecule has 37 heavy (non-hydrogen) atoms. The van der Waals surface area contributed by atoms with Gasteiger partial charge in [0, 0.05) is 31.6 Å². The van der Waals surface area contributed by atoms with Crippen molar-refractivity contribution in [1.29, 1.82) is 0 Å². The first-order chi connectivity index (χ1) is 18.0. The summed E-state index contributed by atoms with van der Waals surface area (Å²) in [5, 5.41) is 2.34. The van der Waals surface area contributed by atoms with Crippen LogP contribution < -0.4 is 5.43 Å². The minimum absolute atomic E-state index is 0.121. The molecule has 0 spiro atoms. The van der Waals surface area contributed by atoms with Gasteiger partial charge in [0.1, 0.15) is 5.58 Å². The van der Waals surface area contributed by atoms with Crippen LogP contribution in [-0.2, 0) is 4.74 Å². The Morgan fingerprint density at radius 3 is 2.41 bits per heavy atom. The molecule has 190 valence electrons. The third-order valence-electron chi connectivity index (χ3n) is 7.75.